The number of hydrogen-bond donors (Lipinski definition) is 1. The Hall–Kier alpha value is -1.06. The number of benzene rings is 1. The van der Waals surface area contributed by atoms with E-state index in [0.717, 1.165) is 24.2 Å². The molecule has 0 aliphatic heterocycles. The van der Waals surface area contributed by atoms with Crippen LogP contribution in [0.25, 0.3) is 10.9 Å². The van der Waals surface area contributed by atoms with E-state index in [1.54, 1.807) is 0 Å². The molecule has 0 aliphatic rings. The molecule has 0 bridgehead atoms. The Morgan fingerprint density at radius 1 is 1.14 bits per heavy atom. The molecule has 21 heavy (non-hydrogen) atoms. The minimum atomic E-state index is 0.506. The minimum Gasteiger partial charge on any atom is -0.313 e. The van der Waals surface area contributed by atoms with Crippen LogP contribution in [-0.4, -0.2) is 28.6 Å². The lowest BCUT2D eigenvalue weighted by molar-refractivity contribution is 0.545. The van der Waals surface area contributed by atoms with Crippen molar-refractivity contribution in [2.24, 2.45) is 0 Å². The minimum absolute atomic E-state index is 0.506. The zero-order valence-electron chi connectivity index (χ0n) is 13.3. The molecule has 3 heteroatoms. The zero-order valence-corrected chi connectivity index (χ0v) is 14.1. The molecular weight excluding hydrogens is 276 g/mol. The van der Waals surface area contributed by atoms with Gasteiger partial charge < -0.3 is 5.32 Å². The molecule has 0 spiro atoms. The van der Waals surface area contributed by atoms with Gasteiger partial charge in [0.05, 0.1) is 5.52 Å². The molecule has 1 atom stereocenters. The first-order chi connectivity index (χ1) is 10.2. The second-order valence-corrected chi connectivity index (χ2v) is 7.34. The number of para-hydroxylation sites is 1. The number of pyridine rings is 1. The second kappa shape index (κ2) is 8.40. The van der Waals surface area contributed by atoms with E-state index >= 15 is 0 Å². The first-order valence-corrected chi connectivity index (χ1v) is 8.93. The molecule has 2 rings (SSSR count). The van der Waals surface area contributed by atoms with Gasteiger partial charge in [-0.05, 0) is 30.3 Å². The van der Waals surface area contributed by atoms with E-state index in [-0.39, 0.29) is 0 Å². The summed E-state index contributed by atoms with van der Waals surface area (Å²) in [5, 5.41) is 5.56. The maximum Gasteiger partial charge on any atom is 0.0705 e. The summed E-state index contributed by atoms with van der Waals surface area (Å²) in [7, 11) is 0. The van der Waals surface area contributed by atoms with Crippen LogP contribution >= 0.6 is 11.8 Å². The monoisotopic (exact) mass is 302 g/mol. The van der Waals surface area contributed by atoms with Crippen LogP contribution in [0, 0.1) is 0 Å². The van der Waals surface area contributed by atoms with Crippen LogP contribution in [-0.2, 0) is 6.42 Å². The van der Waals surface area contributed by atoms with E-state index in [4.69, 9.17) is 4.98 Å². The van der Waals surface area contributed by atoms with Crippen molar-refractivity contribution in [3.63, 3.8) is 0 Å². The highest BCUT2D eigenvalue weighted by atomic mass is 32.2. The smallest absolute Gasteiger partial charge is 0.0705 e. The summed E-state index contributed by atoms with van der Waals surface area (Å²) in [6, 6.07) is 13.2. The van der Waals surface area contributed by atoms with Gasteiger partial charge in [0.15, 0.2) is 0 Å². The number of hydrogen-bond acceptors (Lipinski definition) is 3. The third-order valence-corrected chi connectivity index (χ3v) is 4.69. The van der Waals surface area contributed by atoms with Crippen molar-refractivity contribution in [1.29, 1.82) is 0 Å². The standard InChI is InChI=1S/C18H26N2S/c1-4-11-19-17(13-21-14(2)3)12-16-10-9-15-7-5-6-8-18(15)20-16/h5-10,14,17,19H,4,11-13H2,1-3H3. The van der Waals surface area contributed by atoms with Crippen LogP contribution in [0.15, 0.2) is 36.4 Å². The molecule has 1 aromatic heterocycles. The van der Waals surface area contributed by atoms with Crippen molar-refractivity contribution >= 4 is 22.7 Å². The zero-order chi connectivity index (χ0) is 15.1. The van der Waals surface area contributed by atoms with Gasteiger partial charge in [-0.2, -0.15) is 11.8 Å². The van der Waals surface area contributed by atoms with E-state index in [0.29, 0.717) is 11.3 Å². The topological polar surface area (TPSA) is 24.9 Å². The lowest BCUT2D eigenvalue weighted by Crippen LogP contribution is -2.34. The highest BCUT2D eigenvalue weighted by Gasteiger charge is 2.11. The van der Waals surface area contributed by atoms with E-state index < -0.39 is 0 Å². The second-order valence-electron chi connectivity index (χ2n) is 5.73. The van der Waals surface area contributed by atoms with Gasteiger partial charge in [-0.1, -0.05) is 45.0 Å². The average Bonchev–Trinajstić information content (AvgIpc) is 2.49. The fourth-order valence-electron chi connectivity index (χ4n) is 2.32. The first-order valence-electron chi connectivity index (χ1n) is 7.88. The van der Waals surface area contributed by atoms with Crippen molar-refractivity contribution in [1.82, 2.24) is 10.3 Å². The summed E-state index contributed by atoms with van der Waals surface area (Å²) >= 11 is 2.02. The molecule has 1 N–H and O–H groups in total. The highest BCUT2D eigenvalue weighted by Crippen LogP contribution is 2.16. The Balaban J connectivity index is 2.05. The van der Waals surface area contributed by atoms with Crippen molar-refractivity contribution in [3.05, 3.63) is 42.1 Å². The van der Waals surface area contributed by atoms with Gasteiger partial charge in [0.25, 0.3) is 0 Å². The predicted molar refractivity (Wildman–Crippen MR) is 95.1 cm³/mol. The summed E-state index contributed by atoms with van der Waals surface area (Å²) in [6.07, 6.45) is 2.18. The summed E-state index contributed by atoms with van der Waals surface area (Å²) in [6.45, 7) is 7.82. The first kappa shape index (κ1) is 16.3. The van der Waals surface area contributed by atoms with Crippen LogP contribution in [0.1, 0.15) is 32.9 Å². The summed E-state index contributed by atoms with van der Waals surface area (Å²) in [5.74, 6) is 1.15. The fraction of sp³-hybridized carbons (Fsp3) is 0.500. The Labute approximate surface area is 132 Å². The molecule has 1 unspecified atom stereocenters. The SMILES string of the molecule is CCCNC(CSC(C)C)Cc1ccc2ccccc2n1. The number of aromatic nitrogens is 1. The van der Waals surface area contributed by atoms with E-state index in [2.05, 4.69) is 62.5 Å². The molecule has 0 saturated carbocycles. The van der Waals surface area contributed by atoms with Gasteiger partial charge in [0.1, 0.15) is 0 Å². The molecule has 2 nitrogen and oxygen atoms in total. The van der Waals surface area contributed by atoms with Crippen LogP contribution < -0.4 is 5.32 Å². The predicted octanol–water partition coefficient (Wildman–Crippen LogP) is 4.29. The largest absolute Gasteiger partial charge is 0.313 e. The number of fused-ring (bicyclic) bond motifs is 1. The molecule has 0 fully saturated rings. The molecule has 0 amide bonds. The Morgan fingerprint density at radius 3 is 2.71 bits per heavy atom. The molecular formula is C18H26N2S. The van der Waals surface area contributed by atoms with E-state index in [1.165, 1.54) is 17.5 Å². The summed E-state index contributed by atoms with van der Waals surface area (Å²) in [4.78, 5) is 4.80. The van der Waals surface area contributed by atoms with E-state index in [9.17, 15) is 0 Å². The normalized spacial score (nSPS) is 13.0. The lowest BCUT2D eigenvalue weighted by Gasteiger charge is -2.19. The van der Waals surface area contributed by atoms with Crippen molar-refractivity contribution in [3.8, 4) is 0 Å². The van der Waals surface area contributed by atoms with Gasteiger partial charge in [0.2, 0.25) is 0 Å². The fourth-order valence-corrected chi connectivity index (χ4v) is 3.17. The third kappa shape index (κ3) is 5.33. The summed E-state index contributed by atoms with van der Waals surface area (Å²) in [5.41, 5.74) is 2.28. The van der Waals surface area contributed by atoms with Gasteiger partial charge in [-0.3, -0.25) is 4.98 Å². The Bertz CT molecular complexity index is 554. The van der Waals surface area contributed by atoms with Crippen LogP contribution in [0.4, 0.5) is 0 Å². The van der Waals surface area contributed by atoms with Crippen LogP contribution in [0.2, 0.25) is 0 Å². The van der Waals surface area contributed by atoms with Crippen molar-refractivity contribution < 1.29 is 0 Å². The maximum absolute atomic E-state index is 4.80. The number of nitrogens with one attached hydrogen (secondary N) is 1. The van der Waals surface area contributed by atoms with Gasteiger partial charge in [-0.15, -0.1) is 0 Å². The van der Waals surface area contributed by atoms with Crippen molar-refractivity contribution in [2.75, 3.05) is 12.3 Å². The quantitative estimate of drug-likeness (QED) is 0.787. The average molecular weight is 302 g/mol. The van der Waals surface area contributed by atoms with Crippen LogP contribution in [0.5, 0.6) is 0 Å². The molecule has 0 aliphatic carbocycles. The van der Waals surface area contributed by atoms with Gasteiger partial charge in [0, 0.05) is 29.3 Å². The maximum atomic E-state index is 4.80. The number of nitrogens with zero attached hydrogens (tertiary/aromatic N) is 1. The number of rotatable bonds is 8. The highest BCUT2D eigenvalue weighted by molar-refractivity contribution is 7.99. The summed E-state index contributed by atoms with van der Waals surface area (Å²) < 4.78 is 0. The molecule has 114 valence electrons. The lowest BCUT2D eigenvalue weighted by atomic mass is 10.1. The third-order valence-electron chi connectivity index (χ3n) is 3.43. The molecule has 1 aromatic carbocycles. The Kier molecular flexibility index (Phi) is 6.52. The molecule has 0 radical (unpaired) electrons. The number of thioether (sulfide) groups is 1. The Morgan fingerprint density at radius 2 is 1.95 bits per heavy atom. The molecule has 1 heterocycles. The molecule has 2 aromatic rings. The van der Waals surface area contributed by atoms with Crippen LogP contribution in [0.3, 0.4) is 0 Å². The van der Waals surface area contributed by atoms with Crippen molar-refractivity contribution in [2.45, 2.75) is 44.9 Å². The van der Waals surface area contributed by atoms with Gasteiger partial charge >= 0.3 is 0 Å². The van der Waals surface area contributed by atoms with E-state index in [1.807, 2.05) is 11.8 Å². The van der Waals surface area contributed by atoms with Gasteiger partial charge in [-0.25, -0.2) is 0 Å². The molecule has 0 saturated heterocycles.